The van der Waals surface area contributed by atoms with Crippen LogP contribution in [0, 0.1) is 5.92 Å². The molecule has 2 rings (SSSR count). The summed E-state index contributed by atoms with van der Waals surface area (Å²) in [4.78, 5) is 39.2. The van der Waals surface area contributed by atoms with Gasteiger partial charge in [0.15, 0.2) is 5.78 Å². The summed E-state index contributed by atoms with van der Waals surface area (Å²) in [5, 5.41) is 0. The van der Waals surface area contributed by atoms with E-state index >= 15 is 0 Å². The zero-order valence-corrected chi connectivity index (χ0v) is 15.5. The molecule has 2 saturated heterocycles. The highest BCUT2D eigenvalue weighted by molar-refractivity contribution is 6.03. The number of ketones is 1. The number of Topliss-reactive ketones (excluding diaryl/α,β-unsaturated/α-hetero) is 1. The van der Waals surface area contributed by atoms with Crippen molar-refractivity contribution in [2.45, 2.75) is 90.5 Å². The van der Waals surface area contributed by atoms with Crippen LogP contribution in [-0.2, 0) is 19.1 Å². The monoisotopic (exact) mass is 339 g/mol. The van der Waals surface area contributed by atoms with Gasteiger partial charge in [0.2, 0.25) is 0 Å². The van der Waals surface area contributed by atoms with Gasteiger partial charge in [-0.3, -0.25) is 14.5 Å². The van der Waals surface area contributed by atoms with Crippen LogP contribution in [0.5, 0.6) is 0 Å². The van der Waals surface area contributed by atoms with Crippen molar-refractivity contribution in [1.82, 2.24) is 4.90 Å². The third-order valence-electron chi connectivity index (χ3n) is 4.22. The lowest BCUT2D eigenvalue weighted by atomic mass is 9.77. The van der Waals surface area contributed by atoms with Crippen LogP contribution >= 0.6 is 0 Å². The Morgan fingerprint density at radius 1 is 1.00 bits per heavy atom. The summed E-state index contributed by atoms with van der Waals surface area (Å²) in [7, 11) is 0. The Hall–Kier alpha value is -1.59. The third-order valence-corrected chi connectivity index (χ3v) is 4.22. The van der Waals surface area contributed by atoms with Crippen LogP contribution in [0.2, 0.25) is 0 Å². The summed E-state index contributed by atoms with van der Waals surface area (Å²) < 4.78 is 10.9. The van der Waals surface area contributed by atoms with Crippen molar-refractivity contribution in [3.05, 3.63) is 0 Å². The van der Waals surface area contributed by atoms with Crippen LogP contribution in [0.3, 0.4) is 0 Å². The minimum Gasteiger partial charge on any atom is -0.459 e. The number of esters is 1. The average Bonchev–Trinajstić information content (AvgIpc) is 2.38. The molecule has 3 unspecified atom stereocenters. The zero-order chi connectivity index (χ0) is 18.3. The van der Waals surface area contributed by atoms with Crippen LogP contribution in [0.1, 0.15) is 67.2 Å². The number of nitrogens with zero attached hydrogens (tertiary/aromatic N) is 1. The van der Waals surface area contributed by atoms with E-state index in [1.165, 1.54) is 0 Å². The highest BCUT2D eigenvalue weighted by Gasteiger charge is 2.50. The minimum atomic E-state index is -0.779. The smallest absolute Gasteiger partial charge is 0.411 e. The Labute approximate surface area is 143 Å². The van der Waals surface area contributed by atoms with Crippen molar-refractivity contribution in [3.63, 3.8) is 0 Å². The van der Waals surface area contributed by atoms with Gasteiger partial charge in [0.05, 0.1) is 6.04 Å². The second-order valence-electron chi connectivity index (χ2n) is 8.71. The zero-order valence-electron chi connectivity index (χ0n) is 15.5. The maximum atomic E-state index is 12.8. The first kappa shape index (κ1) is 18.7. The molecule has 2 aliphatic rings. The molecular formula is C18H29NO5. The predicted octanol–water partition coefficient (Wildman–Crippen LogP) is 3.08. The molecule has 0 N–H and O–H groups in total. The lowest BCUT2D eigenvalue weighted by Crippen LogP contribution is -2.61. The van der Waals surface area contributed by atoms with E-state index in [1.54, 1.807) is 46.4 Å². The molecule has 2 aliphatic heterocycles. The minimum absolute atomic E-state index is 0.145. The fourth-order valence-electron chi connectivity index (χ4n) is 3.39. The SMILES string of the molecule is CC(C)(C)OC(=O)C1CC2CCCC(C1=O)N2C(=O)OC(C)(C)C. The molecule has 0 aromatic heterocycles. The molecule has 2 heterocycles. The van der Waals surface area contributed by atoms with Crippen LogP contribution in [0.15, 0.2) is 0 Å². The Morgan fingerprint density at radius 2 is 1.58 bits per heavy atom. The van der Waals surface area contributed by atoms with Crippen LogP contribution < -0.4 is 0 Å². The van der Waals surface area contributed by atoms with E-state index < -0.39 is 35.2 Å². The fourth-order valence-corrected chi connectivity index (χ4v) is 3.39. The van der Waals surface area contributed by atoms with Gasteiger partial charge in [0.25, 0.3) is 0 Å². The van der Waals surface area contributed by atoms with Gasteiger partial charge in [0.1, 0.15) is 17.1 Å². The number of ether oxygens (including phenoxy) is 2. The fraction of sp³-hybridized carbons (Fsp3) is 0.833. The Bertz CT molecular complexity index is 529. The molecular weight excluding hydrogens is 310 g/mol. The van der Waals surface area contributed by atoms with Crippen molar-refractivity contribution in [2.24, 2.45) is 5.92 Å². The first-order valence-electron chi connectivity index (χ1n) is 8.67. The normalized spacial score (nSPS) is 27.7. The lowest BCUT2D eigenvalue weighted by Gasteiger charge is -2.47. The Kier molecular flexibility index (Phi) is 4.98. The van der Waals surface area contributed by atoms with E-state index in [4.69, 9.17) is 9.47 Å². The number of hydrogen-bond acceptors (Lipinski definition) is 5. The molecule has 0 aromatic rings. The molecule has 0 spiro atoms. The highest BCUT2D eigenvalue weighted by atomic mass is 16.6. The van der Waals surface area contributed by atoms with Gasteiger partial charge in [0, 0.05) is 6.04 Å². The molecule has 1 amide bonds. The van der Waals surface area contributed by atoms with Gasteiger partial charge >= 0.3 is 12.1 Å². The number of fused-ring (bicyclic) bond motifs is 2. The number of carbonyl (C=O) groups excluding carboxylic acids is 3. The van der Waals surface area contributed by atoms with Gasteiger partial charge in [-0.25, -0.2) is 4.79 Å². The van der Waals surface area contributed by atoms with Crippen molar-refractivity contribution >= 4 is 17.8 Å². The second-order valence-corrected chi connectivity index (χ2v) is 8.71. The molecule has 3 atom stereocenters. The summed E-state index contributed by atoms with van der Waals surface area (Å²) in [5.41, 5.74) is -1.24. The second kappa shape index (κ2) is 6.37. The maximum absolute atomic E-state index is 12.8. The van der Waals surface area contributed by atoms with Crippen LogP contribution in [0.4, 0.5) is 4.79 Å². The summed E-state index contributed by atoms with van der Waals surface area (Å²) in [6.07, 6.45) is 2.09. The Morgan fingerprint density at radius 3 is 2.12 bits per heavy atom. The number of carbonyl (C=O) groups is 3. The number of amides is 1. The van der Waals surface area contributed by atoms with Gasteiger partial charge in [-0.15, -0.1) is 0 Å². The van der Waals surface area contributed by atoms with Gasteiger partial charge in [-0.05, 0) is 67.2 Å². The average molecular weight is 339 g/mol. The summed E-state index contributed by atoms with van der Waals surface area (Å²) in [5.74, 6) is -1.47. The number of piperidine rings is 2. The molecule has 2 fully saturated rings. The largest absolute Gasteiger partial charge is 0.459 e. The molecule has 2 bridgehead atoms. The lowest BCUT2D eigenvalue weighted by molar-refractivity contribution is -0.167. The summed E-state index contributed by atoms with van der Waals surface area (Å²) in [6.45, 7) is 10.8. The van der Waals surface area contributed by atoms with E-state index in [1.807, 2.05) is 0 Å². The molecule has 0 saturated carbocycles. The molecule has 136 valence electrons. The standard InChI is InChI=1S/C18H29NO5/c1-17(2,3)23-15(21)12-10-11-8-7-9-13(14(12)20)19(11)16(22)24-18(4,5)6/h11-13H,7-10H2,1-6H3. The van der Waals surface area contributed by atoms with Crippen LogP contribution in [0.25, 0.3) is 0 Å². The van der Waals surface area contributed by atoms with Gasteiger partial charge in [-0.2, -0.15) is 0 Å². The van der Waals surface area contributed by atoms with Crippen molar-refractivity contribution in [3.8, 4) is 0 Å². The van der Waals surface area contributed by atoms with Crippen LogP contribution in [-0.4, -0.2) is 46.0 Å². The van der Waals surface area contributed by atoms with E-state index in [0.717, 1.165) is 12.8 Å². The van der Waals surface area contributed by atoms with Crippen molar-refractivity contribution in [2.75, 3.05) is 0 Å². The maximum Gasteiger partial charge on any atom is 0.411 e. The van der Waals surface area contributed by atoms with E-state index in [2.05, 4.69) is 0 Å². The topological polar surface area (TPSA) is 72.9 Å². The predicted molar refractivity (Wildman–Crippen MR) is 88.5 cm³/mol. The molecule has 24 heavy (non-hydrogen) atoms. The first-order valence-corrected chi connectivity index (χ1v) is 8.67. The van der Waals surface area contributed by atoms with Crippen molar-refractivity contribution in [1.29, 1.82) is 0 Å². The molecule has 6 heteroatoms. The van der Waals surface area contributed by atoms with E-state index in [9.17, 15) is 14.4 Å². The van der Waals surface area contributed by atoms with Crippen molar-refractivity contribution < 1.29 is 23.9 Å². The third kappa shape index (κ3) is 4.28. The quantitative estimate of drug-likeness (QED) is 0.542. The number of hydrogen-bond donors (Lipinski definition) is 0. The molecule has 0 aliphatic carbocycles. The number of rotatable bonds is 1. The summed E-state index contributed by atoms with van der Waals surface area (Å²) in [6, 6.07) is -0.723. The van der Waals surface area contributed by atoms with Gasteiger partial charge < -0.3 is 9.47 Å². The van der Waals surface area contributed by atoms with Gasteiger partial charge in [-0.1, -0.05) is 0 Å². The molecule has 0 aromatic carbocycles. The summed E-state index contributed by atoms with van der Waals surface area (Å²) >= 11 is 0. The molecule has 6 nitrogen and oxygen atoms in total. The first-order chi connectivity index (χ1) is 10.9. The van der Waals surface area contributed by atoms with E-state index in [0.29, 0.717) is 12.8 Å². The van der Waals surface area contributed by atoms with E-state index in [-0.39, 0.29) is 11.8 Å². The molecule has 0 radical (unpaired) electrons. The Balaban J connectivity index is 2.17. The highest BCUT2D eigenvalue weighted by Crippen LogP contribution is 2.37.